The van der Waals surface area contributed by atoms with Crippen molar-refractivity contribution in [2.75, 3.05) is 31.6 Å². The monoisotopic (exact) mass is 574 g/mol. The van der Waals surface area contributed by atoms with Gasteiger partial charge in [-0.1, -0.05) is 0 Å². The summed E-state index contributed by atoms with van der Waals surface area (Å²) in [4.78, 5) is 53.8. The molecule has 2 aliphatic rings. The summed E-state index contributed by atoms with van der Waals surface area (Å²) < 4.78 is 44.4. The van der Waals surface area contributed by atoms with Crippen LogP contribution in [0.25, 0.3) is 10.6 Å². The van der Waals surface area contributed by atoms with Crippen molar-refractivity contribution in [2.24, 2.45) is 5.92 Å². The molecule has 5 rings (SSSR count). The van der Waals surface area contributed by atoms with Gasteiger partial charge in [0.25, 0.3) is 11.8 Å². The lowest BCUT2D eigenvalue weighted by atomic mass is 10.0. The summed E-state index contributed by atoms with van der Waals surface area (Å²) in [6.45, 7) is 4.07. The van der Waals surface area contributed by atoms with E-state index in [1.807, 2.05) is 6.92 Å². The first kappa shape index (κ1) is 27.5. The summed E-state index contributed by atoms with van der Waals surface area (Å²) in [7, 11) is 1.71. The number of aromatic nitrogens is 3. The van der Waals surface area contributed by atoms with Crippen LogP contribution in [0.2, 0.25) is 0 Å². The van der Waals surface area contributed by atoms with Crippen LogP contribution in [0.4, 0.5) is 18.9 Å². The number of amides is 3. The fraction of sp³-hybridized carbons (Fsp3) is 0.385. The summed E-state index contributed by atoms with van der Waals surface area (Å²) in [5, 5.41) is 3.35. The first-order valence-corrected chi connectivity index (χ1v) is 13.2. The van der Waals surface area contributed by atoms with E-state index in [9.17, 15) is 27.6 Å². The molecule has 3 aromatic rings. The molecule has 3 amide bonds. The zero-order valence-corrected chi connectivity index (χ0v) is 22.6. The van der Waals surface area contributed by atoms with E-state index >= 15 is 0 Å². The molecule has 210 valence electrons. The number of likely N-dealkylation sites (tertiary alicyclic amines) is 1. The Kier molecular flexibility index (Phi) is 7.21. The second-order valence-electron chi connectivity index (χ2n) is 9.82. The van der Waals surface area contributed by atoms with Gasteiger partial charge in [0.15, 0.2) is 12.4 Å². The van der Waals surface area contributed by atoms with Crippen LogP contribution in [0.1, 0.15) is 46.0 Å². The number of ether oxygens (including phenoxy) is 1. The lowest BCUT2D eigenvalue weighted by molar-refractivity contribution is -0.145. The highest BCUT2D eigenvalue weighted by Gasteiger charge is 2.36. The van der Waals surface area contributed by atoms with Gasteiger partial charge in [-0.2, -0.15) is 13.2 Å². The minimum atomic E-state index is -4.68. The summed E-state index contributed by atoms with van der Waals surface area (Å²) in [5.41, 5.74) is 1.40. The van der Waals surface area contributed by atoms with Gasteiger partial charge >= 0.3 is 6.18 Å². The van der Waals surface area contributed by atoms with Crippen LogP contribution < -0.4 is 15.0 Å². The second-order valence-corrected chi connectivity index (χ2v) is 11.1. The van der Waals surface area contributed by atoms with Crippen molar-refractivity contribution in [3.8, 4) is 16.3 Å². The first-order chi connectivity index (χ1) is 18.9. The van der Waals surface area contributed by atoms with Crippen LogP contribution in [0.5, 0.6) is 5.75 Å². The molecule has 0 spiro atoms. The molecule has 2 atom stereocenters. The number of hydrogen-bond acceptors (Lipinski definition) is 8. The smallest absolute Gasteiger partial charge is 0.451 e. The maximum Gasteiger partial charge on any atom is 0.451 e. The van der Waals surface area contributed by atoms with Gasteiger partial charge in [0.05, 0.1) is 17.3 Å². The average Bonchev–Trinajstić information content (AvgIpc) is 3.48. The van der Waals surface area contributed by atoms with Gasteiger partial charge in [-0.25, -0.2) is 15.0 Å². The van der Waals surface area contributed by atoms with Crippen molar-refractivity contribution in [1.29, 1.82) is 0 Å². The first-order valence-electron chi connectivity index (χ1n) is 12.4. The van der Waals surface area contributed by atoms with Crippen LogP contribution in [0.15, 0.2) is 30.7 Å². The molecule has 14 heteroatoms. The van der Waals surface area contributed by atoms with E-state index in [-0.39, 0.29) is 42.0 Å². The number of carbonyl (C=O) groups excluding carboxylic acids is 3. The summed E-state index contributed by atoms with van der Waals surface area (Å²) in [6.07, 6.45) is -0.637. The van der Waals surface area contributed by atoms with Gasteiger partial charge in [-0.3, -0.25) is 14.4 Å². The molecule has 1 N–H and O–H groups in total. The largest absolute Gasteiger partial charge is 0.481 e. The van der Waals surface area contributed by atoms with Crippen molar-refractivity contribution in [2.45, 2.75) is 32.5 Å². The topological polar surface area (TPSA) is 118 Å². The molecule has 2 aliphatic heterocycles. The summed E-state index contributed by atoms with van der Waals surface area (Å²) in [5.74, 6) is -1.78. The minimum Gasteiger partial charge on any atom is -0.481 e. The predicted molar refractivity (Wildman–Crippen MR) is 139 cm³/mol. The van der Waals surface area contributed by atoms with Gasteiger partial charge in [0, 0.05) is 67.1 Å². The number of alkyl halides is 3. The minimum absolute atomic E-state index is 0.000700. The summed E-state index contributed by atoms with van der Waals surface area (Å²) in [6, 6.07) is 2.44. The maximum atomic E-state index is 13.4. The Balaban J connectivity index is 1.48. The van der Waals surface area contributed by atoms with Gasteiger partial charge in [0.2, 0.25) is 11.7 Å². The van der Waals surface area contributed by atoms with Crippen molar-refractivity contribution in [3.63, 3.8) is 0 Å². The molecule has 0 bridgehead atoms. The average molecular weight is 575 g/mol. The SMILES string of the molecule is Cc1cnc(-c2cc(C(=O)NC(C)c3cnc(C(F)(F)F)nc3)cc3c2OCC(=O)N3CC2CC(=O)N(C)C2)s1. The number of rotatable bonds is 6. The van der Waals surface area contributed by atoms with Gasteiger partial charge in [-0.05, 0) is 26.0 Å². The predicted octanol–water partition coefficient (Wildman–Crippen LogP) is 3.62. The second kappa shape index (κ2) is 10.5. The van der Waals surface area contributed by atoms with Gasteiger partial charge in [0.1, 0.15) is 5.01 Å². The third-order valence-corrected chi connectivity index (χ3v) is 7.70. The quantitative estimate of drug-likeness (QED) is 0.478. The lowest BCUT2D eigenvalue weighted by Crippen LogP contribution is -2.42. The zero-order valence-electron chi connectivity index (χ0n) is 21.8. The normalized spacial score (nSPS) is 18.0. The molecule has 4 heterocycles. The molecule has 40 heavy (non-hydrogen) atoms. The van der Waals surface area contributed by atoms with Crippen molar-refractivity contribution in [3.05, 3.63) is 52.6 Å². The van der Waals surface area contributed by atoms with Crippen LogP contribution >= 0.6 is 11.3 Å². The summed E-state index contributed by atoms with van der Waals surface area (Å²) >= 11 is 1.40. The molecule has 1 aromatic carbocycles. The molecule has 0 radical (unpaired) electrons. The van der Waals surface area contributed by atoms with E-state index in [0.717, 1.165) is 17.3 Å². The highest BCUT2D eigenvalue weighted by molar-refractivity contribution is 7.15. The Hall–Kier alpha value is -4.07. The Labute approximate surface area is 231 Å². The molecule has 1 fully saturated rings. The molecular weight excluding hydrogens is 549 g/mol. The van der Waals surface area contributed by atoms with E-state index in [2.05, 4.69) is 20.3 Å². The lowest BCUT2D eigenvalue weighted by Gasteiger charge is -2.32. The van der Waals surface area contributed by atoms with Crippen LogP contribution in [0.3, 0.4) is 0 Å². The van der Waals surface area contributed by atoms with Crippen molar-refractivity contribution >= 4 is 34.7 Å². The van der Waals surface area contributed by atoms with Gasteiger partial charge < -0.3 is 19.9 Å². The number of benzene rings is 1. The fourth-order valence-electron chi connectivity index (χ4n) is 4.69. The third-order valence-electron chi connectivity index (χ3n) is 6.75. The van der Waals surface area contributed by atoms with E-state index in [4.69, 9.17) is 4.74 Å². The number of thiazole rings is 1. The highest BCUT2D eigenvalue weighted by atomic mass is 32.1. The van der Waals surface area contributed by atoms with Crippen LogP contribution in [0, 0.1) is 12.8 Å². The molecular formula is C26H25F3N6O4S. The standard InChI is InChI=1S/C26H25F3N6O4S/c1-13-7-30-24(40-13)18-5-16(23(38)33-14(2)17-8-31-25(32-9-17)26(27,28)29)6-19-22(18)39-12-21(37)35(19)11-15-4-20(36)34(3)10-15/h5-9,14-15H,4,10-12H2,1-3H3,(H,33,38). The fourth-order valence-corrected chi connectivity index (χ4v) is 5.47. The molecule has 0 aliphatic carbocycles. The van der Waals surface area contributed by atoms with Gasteiger partial charge in [-0.15, -0.1) is 11.3 Å². The zero-order chi connectivity index (χ0) is 28.8. The van der Waals surface area contributed by atoms with Crippen LogP contribution in [-0.2, 0) is 15.8 Å². The molecule has 10 nitrogen and oxygen atoms in total. The Morgan fingerprint density at radius 1 is 1.18 bits per heavy atom. The number of hydrogen-bond donors (Lipinski definition) is 1. The highest BCUT2D eigenvalue weighted by Crippen LogP contribution is 2.44. The van der Waals surface area contributed by atoms with Crippen molar-refractivity contribution < 1.29 is 32.3 Å². The molecule has 0 saturated carbocycles. The van der Waals surface area contributed by atoms with E-state index < -0.39 is 23.9 Å². The Morgan fingerprint density at radius 2 is 1.90 bits per heavy atom. The Bertz CT molecular complexity index is 1480. The number of halogens is 3. The van der Waals surface area contributed by atoms with E-state index in [1.165, 1.54) is 11.3 Å². The molecule has 1 saturated heterocycles. The maximum absolute atomic E-state index is 13.4. The number of nitrogens with one attached hydrogen (secondary N) is 1. The molecule has 2 unspecified atom stereocenters. The number of aryl methyl sites for hydroxylation is 1. The van der Waals surface area contributed by atoms with Crippen LogP contribution in [-0.4, -0.2) is 64.3 Å². The number of nitrogens with zero attached hydrogens (tertiary/aromatic N) is 5. The number of fused-ring (bicyclic) bond motifs is 1. The number of anilines is 1. The van der Waals surface area contributed by atoms with E-state index in [1.54, 1.807) is 42.1 Å². The Morgan fingerprint density at radius 3 is 2.50 bits per heavy atom. The van der Waals surface area contributed by atoms with E-state index in [0.29, 0.717) is 35.0 Å². The van der Waals surface area contributed by atoms with Crippen molar-refractivity contribution in [1.82, 2.24) is 25.2 Å². The number of carbonyl (C=O) groups is 3. The third kappa shape index (κ3) is 5.48. The molecule has 2 aromatic heterocycles.